The zero-order valence-electron chi connectivity index (χ0n) is 4.15. The van der Waals surface area contributed by atoms with Gasteiger partial charge in [-0.25, -0.2) is 4.09 Å². The third kappa shape index (κ3) is 1.02. The van der Waals surface area contributed by atoms with E-state index in [0.717, 1.165) is 5.56 Å². The number of hydrogen-bond donors (Lipinski definition) is 2. The van der Waals surface area contributed by atoms with Crippen molar-refractivity contribution < 1.29 is 5.11 Å². The minimum Gasteiger partial charge on any atom is -0.392 e. The third-order valence-corrected chi connectivity index (χ3v) is 1.02. The van der Waals surface area contributed by atoms with E-state index in [1.54, 1.807) is 12.4 Å². The maximum Gasteiger partial charge on any atom is 0.0712 e. The summed E-state index contributed by atoms with van der Waals surface area (Å²) in [4.78, 5) is 0. The van der Waals surface area contributed by atoms with Crippen LogP contribution in [-0.4, -0.2) is 14.3 Å². The molecule has 0 saturated heterocycles. The molecule has 1 aromatic heterocycles. The summed E-state index contributed by atoms with van der Waals surface area (Å²) in [6.07, 6.45) is 3.20. The van der Waals surface area contributed by atoms with Crippen LogP contribution < -0.4 is 0 Å². The van der Waals surface area contributed by atoms with Gasteiger partial charge in [-0.05, 0) is 12.8 Å². The molecule has 0 spiro atoms. The van der Waals surface area contributed by atoms with E-state index >= 15 is 0 Å². The maximum atomic E-state index is 8.46. The molecule has 0 unspecified atom stereocenters. The van der Waals surface area contributed by atoms with Crippen molar-refractivity contribution in [2.24, 2.45) is 0 Å². The SMILES string of the molecule is OCc1cnn(S)c1. The highest BCUT2D eigenvalue weighted by atomic mass is 32.1. The molecule has 44 valence electrons. The predicted octanol–water partition coefficient (Wildman–Crippen LogP) is 0.0683. The largest absolute Gasteiger partial charge is 0.392 e. The van der Waals surface area contributed by atoms with E-state index in [4.69, 9.17) is 5.11 Å². The molecule has 3 nitrogen and oxygen atoms in total. The highest BCUT2D eigenvalue weighted by Gasteiger charge is 1.89. The van der Waals surface area contributed by atoms with Crippen molar-refractivity contribution in [1.82, 2.24) is 9.19 Å². The lowest BCUT2D eigenvalue weighted by molar-refractivity contribution is 0.282. The van der Waals surface area contributed by atoms with Gasteiger partial charge in [0.1, 0.15) is 0 Å². The Hall–Kier alpha value is -0.480. The zero-order chi connectivity index (χ0) is 5.98. The molecule has 1 aromatic rings. The van der Waals surface area contributed by atoms with Crippen LogP contribution in [0.25, 0.3) is 0 Å². The van der Waals surface area contributed by atoms with Gasteiger partial charge >= 0.3 is 0 Å². The molecule has 1 rings (SSSR count). The van der Waals surface area contributed by atoms with Crippen molar-refractivity contribution in [3.63, 3.8) is 0 Å². The zero-order valence-corrected chi connectivity index (χ0v) is 5.05. The van der Waals surface area contributed by atoms with Gasteiger partial charge in [0.05, 0.1) is 12.8 Å². The van der Waals surface area contributed by atoms with Gasteiger partial charge in [-0.15, -0.1) is 0 Å². The lowest BCUT2D eigenvalue weighted by Gasteiger charge is -1.80. The van der Waals surface area contributed by atoms with Crippen LogP contribution in [-0.2, 0) is 6.61 Å². The van der Waals surface area contributed by atoms with Gasteiger partial charge in [0, 0.05) is 11.8 Å². The summed E-state index contributed by atoms with van der Waals surface area (Å²) in [5.41, 5.74) is 0.778. The van der Waals surface area contributed by atoms with Crippen molar-refractivity contribution >= 4 is 12.8 Å². The summed E-state index contributed by atoms with van der Waals surface area (Å²) in [6.45, 7) is 0.0283. The topological polar surface area (TPSA) is 38.1 Å². The molecule has 1 N–H and O–H groups in total. The van der Waals surface area contributed by atoms with Crippen molar-refractivity contribution in [2.75, 3.05) is 0 Å². The van der Waals surface area contributed by atoms with E-state index in [0.29, 0.717) is 0 Å². The quantitative estimate of drug-likeness (QED) is 0.528. The molecule has 0 aliphatic rings. The fraction of sp³-hybridized carbons (Fsp3) is 0.250. The summed E-state index contributed by atoms with van der Waals surface area (Å²) in [7, 11) is 0. The summed E-state index contributed by atoms with van der Waals surface area (Å²) < 4.78 is 1.35. The van der Waals surface area contributed by atoms with Crippen molar-refractivity contribution in [3.8, 4) is 0 Å². The van der Waals surface area contributed by atoms with Crippen LogP contribution >= 0.6 is 12.8 Å². The summed E-state index contributed by atoms with van der Waals surface area (Å²) >= 11 is 3.85. The molecule has 0 radical (unpaired) electrons. The summed E-state index contributed by atoms with van der Waals surface area (Å²) in [5.74, 6) is 0. The highest BCUT2D eigenvalue weighted by Crippen LogP contribution is 1.96. The van der Waals surface area contributed by atoms with Gasteiger partial charge in [0.25, 0.3) is 0 Å². The molecule has 8 heavy (non-hydrogen) atoms. The molecule has 0 atom stereocenters. The number of nitrogens with zero attached hydrogens (tertiary/aromatic N) is 2. The first kappa shape index (κ1) is 5.65. The van der Waals surface area contributed by atoms with Gasteiger partial charge in [0.2, 0.25) is 0 Å². The number of thiol groups is 1. The summed E-state index contributed by atoms with van der Waals surface area (Å²) in [5, 5.41) is 12.2. The van der Waals surface area contributed by atoms with Crippen LogP contribution in [0.4, 0.5) is 0 Å². The maximum absolute atomic E-state index is 8.46. The van der Waals surface area contributed by atoms with Gasteiger partial charge in [-0.1, -0.05) is 0 Å². The Kier molecular flexibility index (Phi) is 1.55. The van der Waals surface area contributed by atoms with E-state index in [1.165, 1.54) is 4.09 Å². The average Bonchev–Trinajstić information content (AvgIpc) is 2.14. The van der Waals surface area contributed by atoms with Crippen molar-refractivity contribution in [3.05, 3.63) is 18.0 Å². The molecular weight excluding hydrogens is 124 g/mol. The Morgan fingerprint density at radius 3 is 2.88 bits per heavy atom. The molecule has 0 saturated carbocycles. The second kappa shape index (κ2) is 2.19. The number of aliphatic hydroxyl groups excluding tert-OH is 1. The number of aliphatic hydroxyl groups is 1. The smallest absolute Gasteiger partial charge is 0.0712 e. The molecule has 0 aromatic carbocycles. The number of rotatable bonds is 1. The monoisotopic (exact) mass is 130 g/mol. The predicted molar refractivity (Wildman–Crippen MR) is 32.5 cm³/mol. The molecular formula is C4H6N2OS. The van der Waals surface area contributed by atoms with Crippen LogP contribution in [0.5, 0.6) is 0 Å². The molecule has 0 amide bonds. The Labute approximate surface area is 52.5 Å². The minimum atomic E-state index is 0.0283. The van der Waals surface area contributed by atoms with E-state index < -0.39 is 0 Å². The Balaban J connectivity index is 2.84. The molecule has 4 heteroatoms. The van der Waals surface area contributed by atoms with Gasteiger partial charge in [-0.3, -0.25) is 0 Å². The lowest BCUT2D eigenvalue weighted by Crippen LogP contribution is -1.76. The number of hydrogen-bond acceptors (Lipinski definition) is 3. The van der Waals surface area contributed by atoms with Crippen LogP contribution in [0.2, 0.25) is 0 Å². The van der Waals surface area contributed by atoms with Crippen LogP contribution in [0.1, 0.15) is 5.56 Å². The standard InChI is InChI=1S/C4H6N2OS/c7-3-4-1-5-6(8)2-4/h1-2,7-8H,3H2. The Morgan fingerprint density at radius 1 is 1.88 bits per heavy atom. The number of aromatic nitrogens is 2. The van der Waals surface area contributed by atoms with E-state index in [1.807, 2.05) is 0 Å². The third-order valence-electron chi connectivity index (χ3n) is 0.806. The lowest BCUT2D eigenvalue weighted by atomic mass is 10.4. The summed E-state index contributed by atoms with van der Waals surface area (Å²) in [6, 6.07) is 0. The van der Waals surface area contributed by atoms with Crippen molar-refractivity contribution in [1.29, 1.82) is 0 Å². The molecule has 0 fully saturated rings. The second-order valence-electron chi connectivity index (χ2n) is 1.43. The fourth-order valence-corrected chi connectivity index (χ4v) is 0.630. The first-order valence-electron chi connectivity index (χ1n) is 2.16. The van der Waals surface area contributed by atoms with Crippen LogP contribution in [0, 0.1) is 0 Å². The van der Waals surface area contributed by atoms with Crippen molar-refractivity contribution in [2.45, 2.75) is 6.61 Å². The first-order valence-corrected chi connectivity index (χ1v) is 2.56. The minimum absolute atomic E-state index is 0.0283. The van der Waals surface area contributed by atoms with E-state index in [9.17, 15) is 0 Å². The van der Waals surface area contributed by atoms with Gasteiger partial charge in [0.15, 0.2) is 0 Å². The molecule has 0 aliphatic carbocycles. The second-order valence-corrected chi connectivity index (χ2v) is 1.84. The van der Waals surface area contributed by atoms with Gasteiger partial charge < -0.3 is 5.11 Å². The first-order chi connectivity index (χ1) is 3.83. The normalized spacial score (nSPS) is 9.75. The highest BCUT2D eigenvalue weighted by molar-refractivity contribution is 7.78. The van der Waals surface area contributed by atoms with E-state index in [2.05, 4.69) is 17.9 Å². The van der Waals surface area contributed by atoms with Crippen LogP contribution in [0.15, 0.2) is 12.4 Å². The molecule has 0 bridgehead atoms. The molecule has 0 aliphatic heterocycles. The molecule has 1 heterocycles. The average molecular weight is 130 g/mol. The Bertz CT molecular complexity index is 174. The van der Waals surface area contributed by atoms with E-state index in [-0.39, 0.29) is 6.61 Å². The fourth-order valence-electron chi connectivity index (χ4n) is 0.430. The van der Waals surface area contributed by atoms with Crippen LogP contribution in [0.3, 0.4) is 0 Å². The Morgan fingerprint density at radius 2 is 2.62 bits per heavy atom. The van der Waals surface area contributed by atoms with Gasteiger partial charge in [-0.2, -0.15) is 5.10 Å².